The molecule has 0 rings (SSSR count). The quantitative estimate of drug-likeness (QED) is 0.482. The van der Waals surface area contributed by atoms with E-state index >= 15 is 0 Å². The largest absolute Gasteiger partial charge is 0.300 e. The van der Waals surface area contributed by atoms with Gasteiger partial charge in [-0.05, 0) is 13.3 Å². The van der Waals surface area contributed by atoms with Gasteiger partial charge in [0.05, 0.1) is 0 Å². The predicted molar refractivity (Wildman–Crippen MR) is 39.4 cm³/mol. The van der Waals surface area contributed by atoms with Gasteiger partial charge >= 0.3 is 0 Å². The van der Waals surface area contributed by atoms with Gasteiger partial charge in [-0.2, -0.15) is 0 Å². The fourth-order valence-corrected chi connectivity index (χ4v) is 0.801. The van der Waals surface area contributed by atoms with E-state index in [-0.39, 0.29) is 17.1 Å². The molecule has 0 aromatic rings. The first-order valence-corrected chi connectivity index (χ1v) is 3.76. The maximum atomic E-state index is 10.4. The van der Waals surface area contributed by atoms with Gasteiger partial charge in [-0.25, -0.2) is 0 Å². The second-order valence-corrected chi connectivity index (χ2v) is 2.51. The molecule has 0 fully saturated rings. The zero-order valence-electron chi connectivity index (χ0n) is 6.75. The van der Waals surface area contributed by atoms with E-state index in [2.05, 4.69) is 6.92 Å². The van der Waals surface area contributed by atoms with Crippen molar-refractivity contribution in [3.63, 3.8) is 0 Å². The fraction of sp³-hybridized carbons (Fsp3) is 0.875. The van der Waals surface area contributed by atoms with E-state index in [1.807, 2.05) is 0 Å². The van der Waals surface area contributed by atoms with Crippen molar-refractivity contribution in [3.8, 4) is 0 Å². The molecule has 0 bridgehead atoms. The van der Waals surface area contributed by atoms with Crippen molar-refractivity contribution in [2.45, 2.75) is 46.0 Å². The van der Waals surface area contributed by atoms with E-state index in [4.69, 9.17) is 0 Å². The molecule has 0 aliphatic rings. The van der Waals surface area contributed by atoms with Crippen molar-refractivity contribution < 1.29 is 21.9 Å². The summed E-state index contributed by atoms with van der Waals surface area (Å²) in [5.74, 6) is 0.325. The average Bonchev–Trinajstić information content (AvgIpc) is 1.80. The number of rotatable bonds is 5. The minimum absolute atomic E-state index is 0. The third kappa shape index (κ3) is 11.0. The Bertz CT molecular complexity index is 81.3. The molecule has 0 saturated carbocycles. The van der Waals surface area contributed by atoms with E-state index in [1.165, 1.54) is 19.3 Å². The molecule has 0 unspecified atom stereocenters. The number of unbranched alkanes of at least 4 members (excludes halogenated alkanes) is 3. The molecular weight excluding hydrogens is 176 g/mol. The molecular formula is C8H16CuO. The molecule has 1 nitrogen and oxygen atoms in total. The van der Waals surface area contributed by atoms with E-state index in [0.29, 0.717) is 5.78 Å². The van der Waals surface area contributed by atoms with Crippen LogP contribution in [0, 0.1) is 0 Å². The topological polar surface area (TPSA) is 17.1 Å². The molecule has 0 saturated heterocycles. The Labute approximate surface area is 74.1 Å². The van der Waals surface area contributed by atoms with Crippen LogP contribution in [0.5, 0.6) is 0 Å². The maximum Gasteiger partial charge on any atom is 0.129 e. The Kier molecular flexibility index (Phi) is 11.8. The van der Waals surface area contributed by atoms with Gasteiger partial charge < -0.3 is 4.79 Å². The summed E-state index contributed by atoms with van der Waals surface area (Å²) in [4.78, 5) is 10.4. The van der Waals surface area contributed by atoms with Gasteiger partial charge in [0, 0.05) is 23.5 Å². The van der Waals surface area contributed by atoms with Crippen LogP contribution in [-0.4, -0.2) is 5.78 Å². The van der Waals surface area contributed by atoms with Crippen molar-refractivity contribution in [2.75, 3.05) is 0 Å². The summed E-state index contributed by atoms with van der Waals surface area (Å²) < 4.78 is 0. The Balaban J connectivity index is 0. The van der Waals surface area contributed by atoms with Crippen molar-refractivity contribution in [1.29, 1.82) is 0 Å². The van der Waals surface area contributed by atoms with Gasteiger partial charge in [-0.1, -0.05) is 26.2 Å². The first-order valence-electron chi connectivity index (χ1n) is 3.76. The van der Waals surface area contributed by atoms with E-state index in [9.17, 15) is 4.79 Å². The molecule has 0 aliphatic heterocycles. The molecule has 0 N–H and O–H groups in total. The molecule has 0 spiro atoms. The normalized spacial score (nSPS) is 8.60. The number of ketones is 1. The third-order valence-corrected chi connectivity index (χ3v) is 1.38. The zero-order valence-corrected chi connectivity index (χ0v) is 7.69. The fourth-order valence-electron chi connectivity index (χ4n) is 0.801. The standard InChI is InChI=1S/C8H16O.Cu/c1-3-4-5-6-7-8(2)9;/h3-7H2,1-2H3;. The smallest absolute Gasteiger partial charge is 0.129 e. The molecule has 0 aromatic carbocycles. The van der Waals surface area contributed by atoms with E-state index in [1.54, 1.807) is 6.92 Å². The summed E-state index contributed by atoms with van der Waals surface area (Å²) in [6.07, 6.45) is 5.60. The Morgan fingerprint density at radius 2 is 1.80 bits per heavy atom. The van der Waals surface area contributed by atoms with Crippen LogP contribution in [0.4, 0.5) is 0 Å². The van der Waals surface area contributed by atoms with Crippen LogP contribution < -0.4 is 0 Å². The third-order valence-electron chi connectivity index (χ3n) is 1.38. The molecule has 0 aliphatic carbocycles. The first kappa shape index (κ1) is 12.8. The zero-order chi connectivity index (χ0) is 7.11. The van der Waals surface area contributed by atoms with Gasteiger partial charge in [0.25, 0.3) is 0 Å². The van der Waals surface area contributed by atoms with Crippen LogP contribution in [0.2, 0.25) is 0 Å². The molecule has 65 valence electrons. The first-order chi connectivity index (χ1) is 4.27. The molecule has 0 amide bonds. The monoisotopic (exact) mass is 191 g/mol. The van der Waals surface area contributed by atoms with Crippen LogP contribution in [0.15, 0.2) is 0 Å². The summed E-state index contributed by atoms with van der Waals surface area (Å²) in [5.41, 5.74) is 0. The Morgan fingerprint density at radius 1 is 1.20 bits per heavy atom. The Hall–Kier alpha value is 0.189. The van der Waals surface area contributed by atoms with Crippen molar-refractivity contribution in [3.05, 3.63) is 0 Å². The molecule has 2 heteroatoms. The van der Waals surface area contributed by atoms with Crippen molar-refractivity contribution in [1.82, 2.24) is 0 Å². The second-order valence-electron chi connectivity index (χ2n) is 2.51. The van der Waals surface area contributed by atoms with E-state index < -0.39 is 0 Å². The van der Waals surface area contributed by atoms with Gasteiger partial charge in [0.1, 0.15) is 5.78 Å². The van der Waals surface area contributed by atoms with Crippen molar-refractivity contribution in [2.24, 2.45) is 0 Å². The van der Waals surface area contributed by atoms with Crippen LogP contribution >= 0.6 is 0 Å². The number of carbonyl (C=O) groups is 1. The average molecular weight is 192 g/mol. The van der Waals surface area contributed by atoms with Gasteiger partial charge in [-0.15, -0.1) is 0 Å². The van der Waals surface area contributed by atoms with Crippen molar-refractivity contribution >= 4 is 5.78 Å². The van der Waals surface area contributed by atoms with Crippen LogP contribution in [0.1, 0.15) is 46.0 Å². The summed E-state index contributed by atoms with van der Waals surface area (Å²) in [7, 11) is 0. The summed E-state index contributed by atoms with van der Waals surface area (Å²) in [6.45, 7) is 3.83. The molecule has 10 heavy (non-hydrogen) atoms. The summed E-state index contributed by atoms with van der Waals surface area (Å²) in [6, 6.07) is 0. The van der Waals surface area contributed by atoms with Gasteiger partial charge in [0.15, 0.2) is 0 Å². The number of hydrogen-bond acceptors (Lipinski definition) is 1. The molecule has 1 radical (unpaired) electrons. The SMILES string of the molecule is CCCCCCC(C)=O.[Cu]. The van der Waals surface area contributed by atoms with Gasteiger partial charge in [0.2, 0.25) is 0 Å². The maximum absolute atomic E-state index is 10.4. The molecule has 0 heterocycles. The minimum Gasteiger partial charge on any atom is -0.300 e. The number of carbonyl (C=O) groups excluding carboxylic acids is 1. The van der Waals surface area contributed by atoms with Crippen LogP contribution in [0.25, 0.3) is 0 Å². The predicted octanol–water partition coefficient (Wildman–Crippen LogP) is 2.54. The van der Waals surface area contributed by atoms with Crippen LogP contribution in [-0.2, 0) is 21.9 Å². The Morgan fingerprint density at radius 3 is 2.20 bits per heavy atom. The van der Waals surface area contributed by atoms with E-state index in [0.717, 1.165) is 12.8 Å². The number of Topliss-reactive ketones (excluding diaryl/α,β-unsaturated/α-hetero) is 1. The molecule has 0 aromatic heterocycles. The molecule has 0 atom stereocenters. The number of hydrogen-bond donors (Lipinski definition) is 0. The van der Waals surface area contributed by atoms with Gasteiger partial charge in [-0.3, -0.25) is 0 Å². The van der Waals surface area contributed by atoms with Crippen LogP contribution in [0.3, 0.4) is 0 Å². The minimum atomic E-state index is 0. The summed E-state index contributed by atoms with van der Waals surface area (Å²) in [5, 5.41) is 0. The second kappa shape index (κ2) is 9.19. The summed E-state index contributed by atoms with van der Waals surface area (Å²) >= 11 is 0.